The van der Waals surface area contributed by atoms with Gasteiger partial charge in [0.05, 0.1) is 24.5 Å². The van der Waals surface area contributed by atoms with Crippen LogP contribution in [0.4, 0.5) is 0 Å². The maximum atomic E-state index is 11.2. The van der Waals surface area contributed by atoms with Gasteiger partial charge in [-0.2, -0.15) is 0 Å². The molecule has 2 aromatic carbocycles. The van der Waals surface area contributed by atoms with Crippen LogP contribution >= 0.6 is 0 Å². The van der Waals surface area contributed by atoms with Gasteiger partial charge in [-0.05, 0) is 42.8 Å². The third kappa shape index (κ3) is 4.84. The fraction of sp³-hybridized carbons (Fsp3) is 0.227. The van der Waals surface area contributed by atoms with Crippen molar-refractivity contribution in [3.8, 4) is 16.9 Å². The SMILES string of the molecule is C1COCCN1.Cc1ccc(-c2ccccc2)n1-c1cccc(C(=O)O)c1. The zero-order valence-corrected chi connectivity index (χ0v) is 15.4. The number of benzene rings is 2. The molecule has 0 saturated carbocycles. The number of aromatic nitrogens is 1. The number of carbonyl (C=O) groups is 1. The molecule has 5 heteroatoms. The van der Waals surface area contributed by atoms with E-state index in [1.807, 2.05) is 49.4 Å². The average molecular weight is 364 g/mol. The van der Waals surface area contributed by atoms with Crippen LogP contribution in [0.15, 0.2) is 66.7 Å². The first kappa shape index (κ1) is 18.9. The zero-order valence-electron chi connectivity index (χ0n) is 15.4. The Bertz CT molecular complexity index is 872. The van der Waals surface area contributed by atoms with Crippen molar-refractivity contribution in [1.29, 1.82) is 0 Å². The lowest BCUT2D eigenvalue weighted by molar-refractivity contribution is 0.0697. The van der Waals surface area contributed by atoms with Crippen LogP contribution in [0.25, 0.3) is 16.9 Å². The van der Waals surface area contributed by atoms with Gasteiger partial charge in [0.1, 0.15) is 0 Å². The van der Waals surface area contributed by atoms with Crippen LogP contribution in [0.2, 0.25) is 0 Å². The highest BCUT2D eigenvalue weighted by atomic mass is 16.5. The summed E-state index contributed by atoms with van der Waals surface area (Å²) in [7, 11) is 0. The Morgan fingerprint density at radius 2 is 1.74 bits per heavy atom. The van der Waals surface area contributed by atoms with Crippen molar-refractivity contribution in [2.45, 2.75) is 6.92 Å². The topological polar surface area (TPSA) is 63.5 Å². The quantitative estimate of drug-likeness (QED) is 0.743. The number of hydrogen-bond donors (Lipinski definition) is 2. The molecule has 1 aromatic heterocycles. The highest BCUT2D eigenvalue weighted by Gasteiger charge is 2.11. The van der Waals surface area contributed by atoms with Crippen LogP contribution in [0.5, 0.6) is 0 Å². The van der Waals surface area contributed by atoms with Gasteiger partial charge in [0.2, 0.25) is 0 Å². The summed E-state index contributed by atoms with van der Waals surface area (Å²) in [5.74, 6) is -0.914. The molecule has 27 heavy (non-hydrogen) atoms. The minimum absolute atomic E-state index is 0.291. The molecule has 5 nitrogen and oxygen atoms in total. The summed E-state index contributed by atoms with van der Waals surface area (Å²) in [4.78, 5) is 11.2. The van der Waals surface area contributed by atoms with Gasteiger partial charge < -0.3 is 19.7 Å². The lowest BCUT2D eigenvalue weighted by Gasteiger charge is -2.12. The number of hydrogen-bond acceptors (Lipinski definition) is 3. The van der Waals surface area contributed by atoms with Gasteiger partial charge in [-0.1, -0.05) is 36.4 Å². The van der Waals surface area contributed by atoms with E-state index in [0.717, 1.165) is 48.9 Å². The van der Waals surface area contributed by atoms with Crippen molar-refractivity contribution in [2.24, 2.45) is 0 Å². The van der Waals surface area contributed by atoms with Crippen LogP contribution in [0.1, 0.15) is 16.1 Å². The van der Waals surface area contributed by atoms with Gasteiger partial charge >= 0.3 is 5.97 Å². The predicted molar refractivity (Wildman–Crippen MR) is 107 cm³/mol. The molecular weight excluding hydrogens is 340 g/mol. The normalized spacial score (nSPS) is 13.5. The van der Waals surface area contributed by atoms with Crippen LogP contribution in [0.3, 0.4) is 0 Å². The highest BCUT2D eigenvalue weighted by molar-refractivity contribution is 5.88. The fourth-order valence-electron chi connectivity index (χ4n) is 3.01. The minimum Gasteiger partial charge on any atom is -0.478 e. The minimum atomic E-state index is -0.914. The van der Waals surface area contributed by atoms with Crippen molar-refractivity contribution >= 4 is 5.97 Å². The summed E-state index contributed by atoms with van der Waals surface area (Å²) < 4.78 is 7.08. The number of aromatic carboxylic acids is 1. The molecule has 0 aliphatic carbocycles. The first-order valence-corrected chi connectivity index (χ1v) is 9.03. The molecule has 1 aliphatic heterocycles. The molecule has 140 valence electrons. The number of rotatable bonds is 3. The maximum absolute atomic E-state index is 11.2. The third-order valence-electron chi connectivity index (χ3n) is 4.34. The van der Waals surface area contributed by atoms with Gasteiger partial charge in [-0.25, -0.2) is 4.79 Å². The average Bonchev–Trinajstić information content (AvgIpc) is 3.12. The number of carboxylic acid groups (broad SMARTS) is 1. The largest absolute Gasteiger partial charge is 0.478 e. The van der Waals surface area contributed by atoms with E-state index in [2.05, 4.69) is 16.0 Å². The molecule has 3 aromatic rings. The Morgan fingerprint density at radius 1 is 1.00 bits per heavy atom. The number of nitrogens with one attached hydrogen (secondary N) is 1. The van der Waals surface area contributed by atoms with E-state index >= 15 is 0 Å². The summed E-state index contributed by atoms with van der Waals surface area (Å²) in [6.07, 6.45) is 0. The molecule has 0 radical (unpaired) electrons. The molecule has 1 aliphatic rings. The smallest absolute Gasteiger partial charge is 0.335 e. The molecule has 0 amide bonds. The van der Waals surface area contributed by atoms with Gasteiger partial charge in [0.25, 0.3) is 0 Å². The van der Waals surface area contributed by atoms with E-state index in [1.165, 1.54) is 0 Å². The van der Waals surface area contributed by atoms with E-state index in [9.17, 15) is 4.79 Å². The van der Waals surface area contributed by atoms with E-state index in [4.69, 9.17) is 9.84 Å². The van der Waals surface area contributed by atoms with Crippen molar-refractivity contribution in [3.63, 3.8) is 0 Å². The summed E-state index contributed by atoms with van der Waals surface area (Å²) in [6.45, 7) is 5.85. The van der Waals surface area contributed by atoms with Crippen molar-refractivity contribution in [2.75, 3.05) is 26.3 Å². The van der Waals surface area contributed by atoms with E-state index < -0.39 is 5.97 Å². The molecule has 0 unspecified atom stereocenters. The van der Waals surface area contributed by atoms with Crippen molar-refractivity contribution in [3.05, 3.63) is 78.0 Å². The maximum Gasteiger partial charge on any atom is 0.335 e. The third-order valence-corrected chi connectivity index (χ3v) is 4.34. The van der Waals surface area contributed by atoms with Gasteiger partial charge in [-0.3, -0.25) is 0 Å². The zero-order chi connectivity index (χ0) is 19.1. The fourth-order valence-corrected chi connectivity index (χ4v) is 3.01. The molecule has 0 atom stereocenters. The molecule has 1 saturated heterocycles. The number of ether oxygens (including phenoxy) is 1. The molecule has 0 bridgehead atoms. The van der Waals surface area contributed by atoms with Gasteiger partial charge in [-0.15, -0.1) is 0 Å². The lowest BCUT2D eigenvalue weighted by Crippen LogP contribution is -2.30. The molecule has 4 rings (SSSR count). The van der Waals surface area contributed by atoms with Crippen LogP contribution < -0.4 is 5.32 Å². The molecule has 0 spiro atoms. The summed E-state index contributed by atoms with van der Waals surface area (Å²) in [6, 6.07) is 21.2. The standard InChI is InChI=1S/C18H15NO2.C4H9NO/c1-13-10-11-17(14-6-3-2-4-7-14)19(13)16-9-5-8-15(12-16)18(20)21;1-3-6-4-2-5-1/h2-12H,1H3,(H,20,21);5H,1-4H2. The van der Waals surface area contributed by atoms with Crippen molar-refractivity contribution < 1.29 is 14.6 Å². The Hall–Kier alpha value is -2.89. The van der Waals surface area contributed by atoms with Gasteiger partial charge in [0.15, 0.2) is 0 Å². The van der Waals surface area contributed by atoms with Gasteiger partial charge in [0, 0.05) is 24.5 Å². The number of nitrogens with zero attached hydrogens (tertiary/aromatic N) is 1. The molecule has 1 fully saturated rings. The Kier molecular flexibility index (Phi) is 6.41. The Balaban J connectivity index is 0.000000299. The molecular formula is C22H24N2O3. The second-order valence-electron chi connectivity index (χ2n) is 6.28. The second kappa shape index (κ2) is 9.16. The number of aryl methyl sites for hydroxylation is 1. The van der Waals surface area contributed by atoms with Crippen LogP contribution in [-0.4, -0.2) is 41.9 Å². The molecule has 2 N–H and O–H groups in total. The monoisotopic (exact) mass is 364 g/mol. The highest BCUT2D eigenvalue weighted by Crippen LogP contribution is 2.26. The van der Waals surface area contributed by atoms with E-state index in [1.54, 1.807) is 18.2 Å². The van der Waals surface area contributed by atoms with Crippen LogP contribution in [-0.2, 0) is 4.74 Å². The number of carboxylic acids is 1. The lowest BCUT2D eigenvalue weighted by atomic mass is 10.1. The van der Waals surface area contributed by atoms with Crippen LogP contribution in [0, 0.1) is 6.92 Å². The van der Waals surface area contributed by atoms with Crippen molar-refractivity contribution in [1.82, 2.24) is 9.88 Å². The molecule has 2 heterocycles. The predicted octanol–water partition coefficient (Wildman–Crippen LogP) is 3.76. The first-order valence-electron chi connectivity index (χ1n) is 9.03. The summed E-state index contributed by atoms with van der Waals surface area (Å²) in [5.41, 5.74) is 4.37. The summed E-state index contributed by atoms with van der Waals surface area (Å²) >= 11 is 0. The Morgan fingerprint density at radius 3 is 2.33 bits per heavy atom. The van der Waals surface area contributed by atoms with E-state index in [0.29, 0.717) is 5.56 Å². The van der Waals surface area contributed by atoms with E-state index in [-0.39, 0.29) is 0 Å². The summed E-state index contributed by atoms with van der Waals surface area (Å²) in [5, 5.41) is 12.3. The first-order chi connectivity index (χ1) is 13.2. The second-order valence-corrected chi connectivity index (χ2v) is 6.28. The number of morpholine rings is 1. The Labute approximate surface area is 159 Å².